The van der Waals surface area contributed by atoms with E-state index < -0.39 is 0 Å². The van der Waals surface area contributed by atoms with E-state index in [2.05, 4.69) is 20.8 Å². The van der Waals surface area contributed by atoms with E-state index in [1.165, 1.54) is 0 Å². The van der Waals surface area contributed by atoms with Crippen molar-refractivity contribution in [2.75, 3.05) is 7.11 Å². The van der Waals surface area contributed by atoms with Gasteiger partial charge in [0.25, 0.3) is 0 Å². The number of aliphatic hydroxyl groups excluding tert-OH is 1. The maximum atomic E-state index is 8.87. The Hall–Kier alpha value is -1.02. The first-order valence-corrected chi connectivity index (χ1v) is 4.65. The summed E-state index contributed by atoms with van der Waals surface area (Å²) in [5, 5.41) is 8.87. The van der Waals surface area contributed by atoms with E-state index in [0.29, 0.717) is 0 Å². The topological polar surface area (TPSA) is 29.5 Å². The summed E-state index contributed by atoms with van der Waals surface area (Å²) in [6.45, 7) is 7.47. The monoisotopic (exact) mass is 193 g/mol. The molecule has 77 valence electrons. The molecule has 14 heavy (non-hydrogen) atoms. The summed E-state index contributed by atoms with van der Waals surface area (Å²) in [6.07, 6.45) is 0. The minimum absolute atomic E-state index is 0.0549. The molecular formula is C12H17O2. The van der Waals surface area contributed by atoms with Crippen molar-refractivity contribution in [2.45, 2.75) is 26.2 Å². The Morgan fingerprint density at radius 1 is 1.29 bits per heavy atom. The van der Waals surface area contributed by atoms with E-state index in [1.54, 1.807) is 7.11 Å². The van der Waals surface area contributed by atoms with E-state index in [0.717, 1.165) is 23.5 Å². The first-order chi connectivity index (χ1) is 6.49. The van der Waals surface area contributed by atoms with Crippen LogP contribution in [0.1, 0.15) is 31.9 Å². The summed E-state index contributed by atoms with van der Waals surface area (Å²) >= 11 is 0. The SMILES string of the molecule is COc1cc([CH]O)ccc1C(C)(C)C. The molecule has 0 aliphatic carbocycles. The van der Waals surface area contributed by atoms with Gasteiger partial charge in [0.1, 0.15) is 12.4 Å². The molecule has 0 fully saturated rings. The van der Waals surface area contributed by atoms with Crippen molar-refractivity contribution in [1.82, 2.24) is 0 Å². The van der Waals surface area contributed by atoms with Crippen LogP contribution in [-0.2, 0) is 5.41 Å². The number of hydrogen-bond donors (Lipinski definition) is 1. The van der Waals surface area contributed by atoms with Crippen LogP contribution in [-0.4, -0.2) is 12.2 Å². The van der Waals surface area contributed by atoms with Crippen LogP contribution in [0.5, 0.6) is 5.75 Å². The van der Waals surface area contributed by atoms with Gasteiger partial charge in [0, 0.05) is 0 Å². The molecule has 1 N–H and O–H groups in total. The molecule has 0 spiro atoms. The van der Waals surface area contributed by atoms with E-state index in [9.17, 15) is 0 Å². The van der Waals surface area contributed by atoms with Crippen LogP contribution >= 0.6 is 0 Å². The molecule has 0 aromatic heterocycles. The molecule has 0 saturated heterocycles. The number of hydrogen-bond acceptors (Lipinski definition) is 2. The average Bonchev–Trinajstić information content (AvgIpc) is 2.15. The summed E-state index contributed by atoms with van der Waals surface area (Å²) in [5.41, 5.74) is 1.96. The molecule has 1 rings (SSSR count). The summed E-state index contributed by atoms with van der Waals surface area (Å²) in [4.78, 5) is 0. The molecule has 0 amide bonds. The highest BCUT2D eigenvalue weighted by Gasteiger charge is 2.18. The Morgan fingerprint density at radius 2 is 1.93 bits per heavy atom. The van der Waals surface area contributed by atoms with Crippen LogP contribution in [0, 0.1) is 6.61 Å². The summed E-state index contributed by atoms with van der Waals surface area (Å²) in [5.74, 6) is 0.820. The number of ether oxygens (including phenoxy) is 1. The standard InChI is InChI=1S/C12H17O2/c1-12(2,3)10-6-5-9(8-13)7-11(10)14-4/h5-8,13H,1-4H3. The zero-order chi connectivity index (χ0) is 10.8. The van der Waals surface area contributed by atoms with Gasteiger partial charge in [-0.15, -0.1) is 0 Å². The Morgan fingerprint density at radius 3 is 2.36 bits per heavy atom. The fraction of sp³-hybridized carbons (Fsp3) is 0.417. The smallest absolute Gasteiger partial charge is 0.122 e. The fourth-order valence-corrected chi connectivity index (χ4v) is 1.41. The molecule has 1 aromatic rings. The predicted octanol–water partition coefficient (Wildman–Crippen LogP) is 2.88. The van der Waals surface area contributed by atoms with E-state index in [-0.39, 0.29) is 5.41 Å². The van der Waals surface area contributed by atoms with E-state index >= 15 is 0 Å². The lowest BCUT2D eigenvalue weighted by atomic mass is 9.86. The molecular weight excluding hydrogens is 176 g/mol. The van der Waals surface area contributed by atoms with Crippen LogP contribution in [0.25, 0.3) is 0 Å². The highest BCUT2D eigenvalue weighted by molar-refractivity contribution is 5.42. The Bertz CT molecular complexity index is 311. The van der Waals surface area contributed by atoms with E-state index in [4.69, 9.17) is 9.84 Å². The highest BCUT2D eigenvalue weighted by Crippen LogP contribution is 2.31. The average molecular weight is 193 g/mol. The second-order valence-electron chi connectivity index (χ2n) is 4.34. The first-order valence-electron chi connectivity index (χ1n) is 4.65. The lowest BCUT2D eigenvalue weighted by Gasteiger charge is -2.22. The second kappa shape index (κ2) is 4.01. The van der Waals surface area contributed by atoms with Gasteiger partial charge in [0.2, 0.25) is 0 Å². The van der Waals surface area contributed by atoms with Crippen molar-refractivity contribution >= 4 is 0 Å². The number of methoxy groups -OCH3 is 1. The zero-order valence-electron chi connectivity index (χ0n) is 9.16. The van der Waals surface area contributed by atoms with Gasteiger partial charge in [0.05, 0.1) is 7.11 Å². The van der Waals surface area contributed by atoms with Crippen molar-refractivity contribution in [3.05, 3.63) is 35.9 Å². The third-order valence-corrected chi connectivity index (χ3v) is 2.18. The van der Waals surface area contributed by atoms with Crippen LogP contribution in [0.2, 0.25) is 0 Å². The zero-order valence-corrected chi connectivity index (χ0v) is 9.16. The van der Waals surface area contributed by atoms with E-state index in [1.807, 2.05) is 18.2 Å². The third-order valence-electron chi connectivity index (χ3n) is 2.18. The largest absolute Gasteiger partial charge is 0.496 e. The quantitative estimate of drug-likeness (QED) is 0.782. The molecule has 0 bridgehead atoms. The maximum absolute atomic E-state index is 8.87. The van der Waals surface area contributed by atoms with Crippen LogP contribution in [0.4, 0.5) is 0 Å². The fourth-order valence-electron chi connectivity index (χ4n) is 1.41. The third kappa shape index (κ3) is 2.26. The van der Waals surface area contributed by atoms with Crippen molar-refractivity contribution in [1.29, 1.82) is 0 Å². The van der Waals surface area contributed by atoms with Gasteiger partial charge in [-0.25, -0.2) is 0 Å². The van der Waals surface area contributed by atoms with Crippen LogP contribution in [0.15, 0.2) is 18.2 Å². The van der Waals surface area contributed by atoms with Crippen LogP contribution < -0.4 is 4.74 Å². The van der Waals surface area contributed by atoms with Gasteiger partial charge in [-0.2, -0.15) is 0 Å². The molecule has 0 heterocycles. The number of benzene rings is 1. The maximum Gasteiger partial charge on any atom is 0.122 e. The van der Waals surface area contributed by atoms with Gasteiger partial charge in [-0.3, -0.25) is 0 Å². The molecule has 2 nitrogen and oxygen atoms in total. The van der Waals surface area contributed by atoms with Crippen molar-refractivity contribution in [3.63, 3.8) is 0 Å². The summed E-state index contributed by atoms with van der Waals surface area (Å²) in [7, 11) is 1.64. The number of rotatable bonds is 2. The minimum Gasteiger partial charge on any atom is -0.496 e. The van der Waals surface area contributed by atoms with Gasteiger partial charge in [0.15, 0.2) is 0 Å². The lowest BCUT2D eigenvalue weighted by molar-refractivity contribution is 0.392. The Balaban J connectivity index is 3.18. The predicted molar refractivity (Wildman–Crippen MR) is 57.0 cm³/mol. The van der Waals surface area contributed by atoms with Crippen molar-refractivity contribution < 1.29 is 9.84 Å². The molecule has 1 aromatic carbocycles. The Kier molecular flexibility index (Phi) is 3.17. The minimum atomic E-state index is 0.0549. The normalized spacial score (nSPS) is 11.5. The van der Waals surface area contributed by atoms with Gasteiger partial charge in [-0.05, 0) is 22.6 Å². The van der Waals surface area contributed by atoms with Gasteiger partial charge >= 0.3 is 0 Å². The first kappa shape index (κ1) is 11.1. The van der Waals surface area contributed by atoms with Crippen molar-refractivity contribution in [2.24, 2.45) is 0 Å². The lowest BCUT2D eigenvalue weighted by Crippen LogP contribution is -2.12. The molecule has 1 radical (unpaired) electrons. The van der Waals surface area contributed by atoms with Gasteiger partial charge in [-0.1, -0.05) is 32.9 Å². The molecule has 0 aliphatic heterocycles. The molecule has 2 heteroatoms. The van der Waals surface area contributed by atoms with Gasteiger partial charge < -0.3 is 9.84 Å². The van der Waals surface area contributed by atoms with Crippen molar-refractivity contribution in [3.8, 4) is 5.75 Å². The van der Waals surface area contributed by atoms with Crippen LogP contribution in [0.3, 0.4) is 0 Å². The summed E-state index contributed by atoms with van der Waals surface area (Å²) in [6, 6.07) is 5.70. The summed E-state index contributed by atoms with van der Waals surface area (Å²) < 4.78 is 5.28. The molecule has 0 unspecified atom stereocenters. The Labute approximate surface area is 85.5 Å². The molecule has 0 aliphatic rings. The molecule has 0 atom stereocenters. The molecule has 0 saturated carbocycles. The number of aliphatic hydroxyl groups is 1. The second-order valence-corrected chi connectivity index (χ2v) is 4.34. The highest BCUT2D eigenvalue weighted by atomic mass is 16.5.